The molecule has 0 aromatic heterocycles. The van der Waals surface area contributed by atoms with Gasteiger partial charge in [-0.1, -0.05) is 0 Å². The highest BCUT2D eigenvalue weighted by Crippen LogP contribution is 2.16. The Morgan fingerprint density at radius 3 is 2.81 bits per heavy atom. The van der Waals surface area contributed by atoms with Crippen LogP contribution in [-0.4, -0.2) is 43.7 Å². The smallest absolute Gasteiger partial charge is 0.260 e. The summed E-state index contributed by atoms with van der Waals surface area (Å²) in [6, 6.07) is 5.64. The van der Waals surface area contributed by atoms with E-state index in [-0.39, 0.29) is 24.4 Å². The highest BCUT2D eigenvalue weighted by Gasteiger charge is 2.16. The molecule has 1 aromatic rings. The maximum Gasteiger partial charge on any atom is 0.260 e. The lowest BCUT2D eigenvalue weighted by atomic mass is 10.1. The minimum atomic E-state index is -0.321. The normalized spacial score (nSPS) is 18.3. The number of benzene rings is 1. The van der Waals surface area contributed by atoms with Gasteiger partial charge in [-0.3, -0.25) is 4.79 Å². The molecule has 116 valence electrons. The van der Waals surface area contributed by atoms with Crippen molar-refractivity contribution in [3.8, 4) is 5.75 Å². The van der Waals surface area contributed by atoms with Crippen LogP contribution in [0.2, 0.25) is 0 Å². The monoisotopic (exact) mass is 295 g/mol. The number of likely N-dealkylation sites (N-methyl/N-ethyl adjacent to an activating group) is 1. The van der Waals surface area contributed by atoms with Gasteiger partial charge in [0, 0.05) is 20.2 Å². The lowest BCUT2D eigenvalue weighted by molar-refractivity contribution is -0.132. The number of hydrogen-bond acceptors (Lipinski definition) is 3. The van der Waals surface area contributed by atoms with Crippen LogP contribution in [0.3, 0.4) is 0 Å². The average molecular weight is 295 g/mol. The molecule has 21 heavy (non-hydrogen) atoms. The number of carbonyl (C=O) groups is 1. The molecular formula is C16H22FNO3. The van der Waals surface area contributed by atoms with Crippen LogP contribution in [0.5, 0.6) is 5.75 Å². The van der Waals surface area contributed by atoms with Crippen LogP contribution in [0.1, 0.15) is 25.7 Å². The van der Waals surface area contributed by atoms with Gasteiger partial charge < -0.3 is 14.4 Å². The van der Waals surface area contributed by atoms with Crippen molar-refractivity contribution in [2.75, 3.05) is 26.8 Å². The van der Waals surface area contributed by atoms with Crippen LogP contribution in [0, 0.1) is 5.82 Å². The lowest BCUT2D eigenvalue weighted by Crippen LogP contribution is -2.34. The predicted molar refractivity (Wildman–Crippen MR) is 77.7 cm³/mol. The van der Waals surface area contributed by atoms with Gasteiger partial charge in [-0.15, -0.1) is 0 Å². The number of rotatable bonds is 6. The van der Waals surface area contributed by atoms with Crippen LogP contribution in [0.4, 0.5) is 4.39 Å². The molecule has 0 radical (unpaired) electrons. The molecule has 1 fully saturated rings. The molecular weight excluding hydrogens is 273 g/mol. The van der Waals surface area contributed by atoms with Gasteiger partial charge in [-0.2, -0.15) is 0 Å². The Morgan fingerprint density at radius 1 is 1.38 bits per heavy atom. The molecule has 1 amide bonds. The van der Waals surface area contributed by atoms with Crippen molar-refractivity contribution < 1.29 is 18.7 Å². The first-order chi connectivity index (χ1) is 10.1. The van der Waals surface area contributed by atoms with Gasteiger partial charge in [0.25, 0.3) is 5.91 Å². The van der Waals surface area contributed by atoms with Crippen molar-refractivity contribution in [1.29, 1.82) is 0 Å². The van der Waals surface area contributed by atoms with Crippen molar-refractivity contribution in [3.05, 3.63) is 30.1 Å². The molecule has 0 saturated carbocycles. The van der Waals surface area contributed by atoms with E-state index in [2.05, 4.69) is 0 Å². The number of hydrogen-bond donors (Lipinski definition) is 0. The van der Waals surface area contributed by atoms with Gasteiger partial charge in [-0.25, -0.2) is 4.39 Å². The fourth-order valence-corrected chi connectivity index (χ4v) is 2.28. The highest BCUT2D eigenvalue weighted by atomic mass is 19.1. The largest absolute Gasteiger partial charge is 0.484 e. The van der Waals surface area contributed by atoms with E-state index < -0.39 is 0 Å². The average Bonchev–Trinajstić information content (AvgIpc) is 2.52. The third kappa shape index (κ3) is 5.34. The summed E-state index contributed by atoms with van der Waals surface area (Å²) in [6.45, 7) is 1.46. The second-order valence-corrected chi connectivity index (χ2v) is 5.34. The van der Waals surface area contributed by atoms with E-state index in [4.69, 9.17) is 9.47 Å². The molecule has 1 aliphatic rings. The van der Waals surface area contributed by atoms with Crippen molar-refractivity contribution in [2.24, 2.45) is 0 Å². The molecule has 0 aliphatic carbocycles. The SMILES string of the molecule is CN(CCC1CCCCO1)C(=O)COc1ccc(F)cc1. The Labute approximate surface area is 124 Å². The van der Waals surface area contributed by atoms with Crippen molar-refractivity contribution >= 4 is 5.91 Å². The van der Waals surface area contributed by atoms with Gasteiger partial charge in [-0.05, 0) is 49.9 Å². The van der Waals surface area contributed by atoms with Gasteiger partial charge in [0.1, 0.15) is 11.6 Å². The standard InChI is InChI=1S/C16H22FNO3/c1-18(10-9-14-4-2-3-11-20-14)16(19)12-21-15-7-5-13(17)6-8-15/h5-8,14H,2-4,9-12H2,1H3. The number of ether oxygens (including phenoxy) is 2. The molecule has 1 saturated heterocycles. The Bertz CT molecular complexity index is 443. The summed E-state index contributed by atoms with van der Waals surface area (Å²) in [5.74, 6) is 0.0853. The molecule has 5 heteroatoms. The molecule has 1 heterocycles. The fraction of sp³-hybridized carbons (Fsp3) is 0.562. The van der Waals surface area contributed by atoms with Crippen molar-refractivity contribution in [1.82, 2.24) is 4.90 Å². The van der Waals surface area contributed by atoms with Gasteiger partial charge in [0.05, 0.1) is 6.10 Å². The Kier molecular flexibility index (Phi) is 5.99. The minimum absolute atomic E-state index is 0.0341. The number of nitrogens with zero attached hydrogens (tertiary/aromatic N) is 1. The highest BCUT2D eigenvalue weighted by molar-refractivity contribution is 5.77. The van der Waals surface area contributed by atoms with Crippen molar-refractivity contribution in [3.63, 3.8) is 0 Å². The second-order valence-electron chi connectivity index (χ2n) is 5.34. The summed E-state index contributed by atoms with van der Waals surface area (Å²) in [6.07, 6.45) is 4.55. The van der Waals surface area contributed by atoms with Crippen molar-refractivity contribution in [2.45, 2.75) is 31.8 Å². The first kappa shape index (κ1) is 15.8. The van der Waals surface area contributed by atoms with Gasteiger partial charge in [0.2, 0.25) is 0 Å². The van der Waals surface area contributed by atoms with Gasteiger partial charge in [0.15, 0.2) is 6.61 Å². The maximum atomic E-state index is 12.7. The summed E-state index contributed by atoms with van der Waals surface area (Å²) in [5.41, 5.74) is 0. The van der Waals surface area contributed by atoms with E-state index in [0.717, 1.165) is 25.9 Å². The molecule has 2 rings (SSSR count). The molecule has 0 bridgehead atoms. The Morgan fingerprint density at radius 2 is 2.14 bits per heavy atom. The Hall–Kier alpha value is -1.62. The van der Waals surface area contributed by atoms with Crippen LogP contribution in [0.15, 0.2) is 24.3 Å². The van der Waals surface area contributed by atoms with Crippen LogP contribution >= 0.6 is 0 Å². The fourth-order valence-electron chi connectivity index (χ4n) is 2.28. The molecule has 1 unspecified atom stereocenters. The van der Waals surface area contributed by atoms with Crippen LogP contribution < -0.4 is 4.74 Å². The first-order valence-corrected chi connectivity index (χ1v) is 7.39. The zero-order valence-corrected chi connectivity index (χ0v) is 12.4. The molecule has 4 nitrogen and oxygen atoms in total. The minimum Gasteiger partial charge on any atom is -0.484 e. The summed E-state index contributed by atoms with van der Waals surface area (Å²) >= 11 is 0. The van der Waals surface area contributed by atoms with E-state index in [1.807, 2.05) is 0 Å². The molecule has 1 aromatic carbocycles. The van der Waals surface area contributed by atoms with E-state index in [0.29, 0.717) is 12.3 Å². The quantitative estimate of drug-likeness (QED) is 0.810. The predicted octanol–water partition coefficient (Wildman–Crippen LogP) is 2.62. The summed E-state index contributed by atoms with van der Waals surface area (Å²) in [5, 5.41) is 0. The third-order valence-corrected chi connectivity index (χ3v) is 3.66. The second kappa shape index (κ2) is 7.98. The topological polar surface area (TPSA) is 38.8 Å². The van der Waals surface area contributed by atoms with Gasteiger partial charge >= 0.3 is 0 Å². The van der Waals surface area contributed by atoms with Crippen LogP contribution in [0.25, 0.3) is 0 Å². The number of carbonyl (C=O) groups excluding carboxylic acids is 1. The molecule has 1 atom stereocenters. The first-order valence-electron chi connectivity index (χ1n) is 7.39. The Balaban J connectivity index is 1.68. The summed E-state index contributed by atoms with van der Waals surface area (Å²) in [7, 11) is 1.76. The zero-order valence-electron chi connectivity index (χ0n) is 12.4. The van der Waals surface area contributed by atoms with E-state index >= 15 is 0 Å². The zero-order chi connectivity index (χ0) is 15.1. The van der Waals surface area contributed by atoms with E-state index in [1.165, 1.54) is 30.7 Å². The number of amides is 1. The summed E-state index contributed by atoms with van der Waals surface area (Å²) in [4.78, 5) is 13.6. The lowest BCUT2D eigenvalue weighted by Gasteiger charge is -2.25. The molecule has 0 N–H and O–H groups in total. The summed E-state index contributed by atoms with van der Waals surface area (Å²) < 4.78 is 23.7. The maximum absolute atomic E-state index is 12.7. The van der Waals surface area contributed by atoms with E-state index in [1.54, 1.807) is 11.9 Å². The molecule has 1 aliphatic heterocycles. The molecule has 0 spiro atoms. The number of halogens is 1. The van der Waals surface area contributed by atoms with E-state index in [9.17, 15) is 9.18 Å². The van der Waals surface area contributed by atoms with Crippen LogP contribution in [-0.2, 0) is 9.53 Å². The third-order valence-electron chi connectivity index (χ3n) is 3.66.